The second kappa shape index (κ2) is 12.4. The van der Waals surface area contributed by atoms with Gasteiger partial charge in [-0.15, -0.1) is 0 Å². The van der Waals surface area contributed by atoms with E-state index in [9.17, 15) is 13.2 Å². The van der Waals surface area contributed by atoms with E-state index in [0.717, 1.165) is 47.5 Å². The van der Waals surface area contributed by atoms with Crippen LogP contribution >= 0.6 is 12.1 Å². The number of nitrogens with one attached hydrogen (secondary N) is 3. The van der Waals surface area contributed by atoms with Gasteiger partial charge in [0, 0.05) is 42.7 Å². The Morgan fingerprint density at radius 2 is 1.82 bits per heavy atom. The lowest BCUT2D eigenvalue weighted by Gasteiger charge is -2.32. The van der Waals surface area contributed by atoms with Crippen molar-refractivity contribution in [2.45, 2.75) is 52.4 Å². The lowest BCUT2D eigenvalue weighted by atomic mass is 9.91. The molecular formula is C33H39N7O3S2. The number of carbonyl (C=O) groups excluding carboxylic acids is 1. The number of sulfonamides is 1. The van der Waals surface area contributed by atoms with Gasteiger partial charge in [0.1, 0.15) is 5.82 Å². The van der Waals surface area contributed by atoms with Gasteiger partial charge in [0.2, 0.25) is 10.0 Å². The molecule has 45 heavy (non-hydrogen) atoms. The summed E-state index contributed by atoms with van der Waals surface area (Å²) in [6, 6.07) is 17.4. The summed E-state index contributed by atoms with van der Waals surface area (Å²) in [6.45, 7) is 9.29. The summed E-state index contributed by atoms with van der Waals surface area (Å²) in [5.74, 6) is 0.941. The molecular weight excluding hydrogens is 607 g/mol. The first-order valence-electron chi connectivity index (χ1n) is 15.1. The van der Waals surface area contributed by atoms with Crippen molar-refractivity contribution in [2.75, 3.05) is 23.7 Å². The maximum Gasteiger partial charge on any atom is 0.324 e. The van der Waals surface area contributed by atoms with E-state index in [2.05, 4.69) is 42.2 Å². The fraction of sp³-hybridized carbons (Fsp3) is 0.333. The van der Waals surface area contributed by atoms with E-state index in [1.807, 2.05) is 59.8 Å². The van der Waals surface area contributed by atoms with Crippen molar-refractivity contribution in [1.29, 1.82) is 0 Å². The van der Waals surface area contributed by atoms with Crippen LogP contribution in [0.5, 0.6) is 0 Å². The van der Waals surface area contributed by atoms with Crippen LogP contribution in [0.4, 0.5) is 16.3 Å². The average Bonchev–Trinajstić information content (AvgIpc) is 3.65. The van der Waals surface area contributed by atoms with Crippen LogP contribution in [0, 0.1) is 12.8 Å². The van der Waals surface area contributed by atoms with Crippen LogP contribution in [0.2, 0.25) is 0 Å². The number of amides is 2. The second-order valence-corrected chi connectivity index (χ2v) is 15.5. The van der Waals surface area contributed by atoms with Gasteiger partial charge < -0.3 is 10.0 Å². The van der Waals surface area contributed by atoms with Crippen LogP contribution in [0.1, 0.15) is 50.4 Å². The van der Waals surface area contributed by atoms with E-state index < -0.39 is 10.0 Å². The topological polar surface area (TPSA) is 112 Å². The summed E-state index contributed by atoms with van der Waals surface area (Å²) in [7, 11) is -3.55. The molecule has 0 radical (unpaired) electrons. The number of hydrogen-bond donors (Lipinski definition) is 3. The van der Waals surface area contributed by atoms with Crippen LogP contribution in [-0.4, -0.2) is 45.9 Å². The molecule has 10 nitrogen and oxygen atoms in total. The maximum absolute atomic E-state index is 13.3. The van der Waals surface area contributed by atoms with E-state index in [-0.39, 0.29) is 11.4 Å². The van der Waals surface area contributed by atoms with Gasteiger partial charge in [-0.1, -0.05) is 50.6 Å². The molecule has 2 aromatic carbocycles. The van der Waals surface area contributed by atoms with Crippen LogP contribution in [-0.2, 0) is 21.9 Å². The molecule has 3 aliphatic rings. The van der Waals surface area contributed by atoms with Gasteiger partial charge in [0.05, 0.1) is 34.1 Å². The highest BCUT2D eigenvalue weighted by atomic mass is 32.2. The van der Waals surface area contributed by atoms with Gasteiger partial charge in [-0.25, -0.2) is 17.9 Å². The SMILES string of the molecule is Cc1ccc(-n2nc(C(C)(C)C)cc2NC(=O)Nc2cccc(CC3CCN(S(=O)(=O)C4=CC5=CNSN5C=C4)CC3)c2)cc1. The van der Waals surface area contributed by atoms with E-state index in [0.29, 0.717) is 35.4 Å². The molecule has 12 heteroatoms. The minimum Gasteiger partial charge on any atom is -0.316 e. The van der Waals surface area contributed by atoms with Gasteiger partial charge in [-0.2, -0.15) is 9.40 Å². The van der Waals surface area contributed by atoms with Gasteiger partial charge in [-0.05, 0) is 74.1 Å². The summed E-state index contributed by atoms with van der Waals surface area (Å²) in [4.78, 5) is 13.5. The van der Waals surface area contributed by atoms with Crippen molar-refractivity contribution in [3.63, 3.8) is 0 Å². The Morgan fingerprint density at radius 3 is 2.56 bits per heavy atom. The highest BCUT2D eigenvalue weighted by molar-refractivity contribution is 7.95. The molecule has 0 spiro atoms. The fourth-order valence-electron chi connectivity index (χ4n) is 5.59. The Hall–Kier alpha value is -4.00. The quantitative estimate of drug-likeness (QED) is 0.254. The number of carbonyl (C=O) groups is 1. The normalized spacial score (nSPS) is 17.4. The molecule has 0 bridgehead atoms. The molecule has 1 saturated heterocycles. The zero-order valence-corrected chi connectivity index (χ0v) is 27.6. The predicted octanol–water partition coefficient (Wildman–Crippen LogP) is 6.43. The molecule has 0 aliphatic carbocycles. The van der Waals surface area contributed by atoms with Crippen LogP contribution in [0.15, 0.2) is 89.8 Å². The van der Waals surface area contributed by atoms with Crippen molar-refractivity contribution in [3.05, 3.63) is 107 Å². The summed E-state index contributed by atoms with van der Waals surface area (Å²) < 4.78 is 34.9. The van der Waals surface area contributed by atoms with Crippen LogP contribution < -0.4 is 15.4 Å². The summed E-state index contributed by atoms with van der Waals surface area (Å²) in [5.41, 5.74) is 5.33. The Labute approximate surface area is 269 Å². The first-order chi connectivity index (χ1) is 21.5. The third-order valence-corrected chi connectivity index (χ3v) is 10.8. The molecule has 3 N–H and O–H groups in total. The van der Waals surface area contributed by atoms with Gasteiger partial charge in [0.25, 0.3) is 0 Å². The highest BCUT2D eigenvalue weighted by Crippen LogP contribution is 2.33. The summed E-state index contributed by atoms with van der Waals surface area (Å²) >= 11 is 1.40. The Morgan fingerprint density at radius 1 is 1.07 bits per heavy atom. The second-order valence-electron chi connectivity index (χ2n) is 12.7. The standard InChI is InChI=1S/C33H39N7O3S2/c1-23-8-10-27(11-9-23)40-31(21-30(37-40)33(2,3)4)36-32(41)35-26-7-5-6-25(19-26)18-24-12-15-38(16-13-24)45(42,43)29-14-17-39-28(20-29)22-34-44-39/h5-11,14,17,19-22,24,34H,12-13,15-16,18H2,1-4H3,(H2,35,36,41). The highest BCUT2D eigenvalue weighted by Gasteiger charge is 2.32. The number of piperidine rings is 1. The van der Waals surface area contributed by atoms with Crippen molar-refractivity contribution < 1.29 is 13.2 Å². The minimum absolute atomic E-state index is 0.187. The third kappa shape index (κ3) is 6.98. The average molecular weight is 646 g/mol. The van der Waals surface area contributed by atoms with Crippen molar-refractivity contribution >= 4 is 39.7 Å². The lowest BCUT2D eigenvalue weighted by molar-refractivity contribution is 0.262. The van der Waals surface area contributed by atoms with Crippen molar-refractivity contribution in [2.24, 2.45) is 5.92 Å². The zero-order valence-electron chi connectivity index (χ0n) is 25.9. The van der Waals surface area contributed by atoms with Gasteiger partial charge >= 0.3 is 6.03 Å². The number of rotatable bonds is 7. The van der Waals surface area contributed by atoms with E-state index in [4.69, 9.17) is 5.10 Å². The molecule has 236 valence electrons. The van der Waals surface area contributed by atoms with Gasteiger partial charge in [-0.3, -0.25) is 9.62 Å². The number of benzene rings is 2. The number of hydrogen-bond acceptors (Lipinski definition) is 7. The molecule has 1 aromatic heterocycles. The molecule has 1 fully saturated rings. The molecule has 2 amide bonds. The van der Waals surface area contributed by atoms with Crippen molar-refractivity contribution in [1.82, 2.24) is 23.1 Å². The summed E-state index contributed by atoms with van der Waals surface area (Å²) in [6.07, 6.45) is 9.31. The monoisotopic (exact) mass is 645 g/mol. The minimum atomic E-state index is -3.55. The number of fused-ring (bicyclic) bond motifs is 1. The molecule has 3 aromatic rings. The molecule has 0 unspecified atom stereocenters. The lowest BCUT2D eigenvalue weighted by Crippen LogP contribution is -2.39. The molecule has 4 heterocycles. The Kier molecular flexibility index (Phi) is 8.55. The van der Waals surface area contributed by atoms with Crippen molar-refractivity contribution in [3.8, 4) is 5.69 Å². The first-order valence-corrected chi connectivity index (χ1v) is 17.3. The summed E-state index contributed by atoms with van der Waals surface area (Å²) in [5, 5.41) is 10.8. The number of anilines is 2. The van der Waals surface area contributed by atoms with E-state index in [1.54, 1.807) is 33.5 Å². The van der Waals surface area contributed by atoms with Gasteiger partial charge in [0.15, 0.2) is 0 Å². The van der Waals surface area contributed by atoms with E-state index >= 15 is 0 Å². The van der Waals surface area contributed by atoms with E-state index in [1.165, 1.54) is 12.1 Å². The Balaban J connectivity index is 1.07. The number of urea groups is 1. The van der Waals surface area contributed by atoms with Crippen LogP contribution in [0.25, 0.3) is 5.69 Å². The number of allylic oxidation sites excluding steroid dienone is 2. The molecule has 3 aliphatic heterocycles. The van der Waals surface area contributed by atoms with Crippen LogP contribution in [0.3, 0.4) is 0 Å². The largest absolute Gasteiger partial charge is 0.324 e. The fourth-order valence-corrected chi connectivity index (χ4v) is 7.70. The zero-order chi connectivity index (χ0) is 31.8. The number of aryl methyl sites for hydroxylation is 1. The molecule has 6 rings (SSSR count). The number of nitrogens with zero attached hydrogens (tertiary/aromatic N) is 4. The Bertz CT molecular complexity index is 1780. The maximum atomic E-state index is 13.3. The smallest absolute Gasteiger partial charge is 0.316 e. The molecule has 0 saturated carbocycles. The first kappa shape index (κ1) is 31.0. The number of aromatic nitrogens is 2. The third-order valence-electron chi connectivity index (χ3n) is 8.20. The predicted molar refractivity (Wildman–Crippen MR) is 181 cm³/mol. The molecule has 0 atom stereocenters.